The molecule has 0 aliphatic carbocycles. The molecule has 1 atom stereocenters. The maximum atomic E-state index is 10.6. The summed E-state index contributed by atoms with van der Waals surface area (Å²) in [5.41, 5.74) is 2.03. The molecule has 1 nitrogen and oxygen atoms in total. The van der Waals surface area contributed by atoms with Gasteiger partial charge in [0.1, 0.15) is 0 Å². The SMILES string of the molecule is OC(C=Cc1ccc2ccccc2c1)c1cccc2ccccc12. The van der Waals surface area contributed by atoms with Gasteiger partial charge in [-0.25, -0.2) is 0 Å². The molecule has 4 aromatic carbocycles. The van der Waals surface area contributed by atoms with E-state index in [1.807, 2.05) is 48.6 Å². The summed E-state index contributed by atoms with van der Waals surface area (Å²) in [4.78, 5) is 0. The Kier molecular flexibility index (Phi) is 3.86. The van der Waals surface area contributed by atoms with Gasteiger partial charge in [0.05, 0.1) is 6.10 Å². The summed E-state index contributed by atoms with van der Waals surface area (Å²) in [6.07, 6.45) is 3.22. The molecular formula is C23H18O. The summed E-state index contributed by atoms with van der Waals surface area (Å²) >= 11 is 0. The first kappa shape index (κ1) is 14.7. The average molecular weight is 310 g/mol. The van der Waals surface area contributed by atoms with Crippen molar-refractivity contribution in [3.05, 3.63) is 102 Å². The van der Waals surface area contributed by atoms with E-state index < -0.39 is 6.10 Å². The maximum Gasteiger partial charge on any atom is 0.0981 e. The highest BCUT2D eigenvalue weighted by Gasteiger charge is 2.07. The zero-order chi connectivity index (χ0) is 16.4. The molecule has 0 fully saturated rings. The lowest BCUT2D eigenvalue weighted by Gasteiger charge is -2.10. The number of hydrogen-bond acceptors (Lipinski definition) is 1. The minimum atomic E-state index is -0.623. The van der Waals surface area contributed by atoms with Gasteiger partial charge in [0, 0.05) is 0 Å². The first-order valence-electron chi connectivity index (χ1n) is 8.14. The summed E-state index contributed by atoms with van der Waals surface area (Å²) in [6.45, 7) is 0. The maximum absolute atomic E-state index is 10.6. The minimum absolute atomic E-state index is 0.623. The van der Waals surface area contributed by atoms with Gasteiger partial charge in [0.15, 0.2) is 0 Å². The Balaban J connectivity index is 1.66. The van der Waals surface area contributed by atoms with Crippen molar-refractivity contribution >= 4 is 27.6 Å². The Hall–Kier alpha value is -2.90. The van der Waals surface area contributed by atoms with Crippen molar-refractivity contribution in [1.82, 2.24) is 0 Å². The quantitative estimate of drug-likeness (QED) is 0.511. The second kappa shape index (κ2) is 6.31. The first-order chi connectivity index (χ1) is 11.8. The van der Waals surface area contributed by atoms with Crippen LogP contribution in [0.1, 0.15) is 17.2 Å². The summed E-state index contributed by atoms with van der Waals surface area (Å²) in [5.74, 6) is 0. The van der Waals surface area contributed by atoms with Gasteiger partial charge in [-0.2, -0.15) is 0 Å². The highest BCUT2D eigenvalue weighted by atomic mass is 16.3. The molecule has 0 spiro atoms. The summed E-state index contributed by atoms with van der Waals surface area (Å²) in [7, 11) is 0. The van der Waals surface area contributed by atoms with Crippen molar-refractivity contribution < 1.29 is 5.11 Å². The Morgan fingerprint density at radius 2 is 1.38 bits per heavy atom. The van der Waals surface area contributed by atoms with Crippen molar-refractivity contribution in [2.45, 2.75) is 6.10 Å². The van der Waals surface area contributed by atoms with E-state index in [1.54, 1.807) is 0 Å². The minimum Gasteiger partial charge on any atom is -0.384 e. The molecule has 0 amide bonds. The first-order valence-corrected chi connectivity index (χ1v) is 8.14. The molecule has 0 heterocycles. The van der Waals surface area contributed by atoms with Gasteiger partial charge in [-0.05, 0) is 38.7 Å². The Morgan fingerprint density at radius 1 is 0.667 bits per heavy atom. The molecule has 4 aromatic rings. The van der Waals surface area contributed by atoms with Crippen molar-refractivity contribution in [2.75, 3.05) is 0 Å². The van der Waals surface area contributed by atoms with Gasteiger partial charge in [0.2, 0.25) is 0 Å². The predicted molar refractivity (Wildman–Crippen MR) is 102 cm³/mol. The van der Waals surface area contributed by atoms with E-state index in [-0.39, 0.29) is 0 Å². The van der Waals surface area contributed by atoms with Crippen molar-refractivity contribution in [1.29, 1.82) is 0 Å². The van der Waals surface area contributed by atoms with Crippen LogP contribution in [0.2, 0.25) is 0 Å². The lowest BCUT2D eigenvalue weighted by molar-refractivity contribution is 0.231. The Labute approximate surface area is 141 Å². The number of hydrogen-bond donors (Lipinski definition) is 1. The van der Waals surface area contributed by atoms with E-state index in [1.165, 1.54) is 10.8 Å². The van der Waals surface area contributed by atoms with Crippen molar-refractivity contribution in [2.24, 2.45) is 0 Å². The third-order valence-corrected chi connectivity index (χ3v) is 4.39. The van der Waals surface area contributed by atoms with Crippen LogP contribution in [0.3, 0.4) is 0 Å². The van der Waals surface area contributed by atoms with Crippen LogP contribution in [0, 0.1) is 0 Å². The monoisotopic (exact) mass is 310 g/mol. The van der Waals surface area contributed by atoms with E-state index in [0.717, 1.165) is 21.9 Å². The van der Waals surface area contributed by atoms with E-state index in [0.29, 0.717) is 0 Å². The van der Waals surface area contributed by atoms with Gasteiger partial charge in [-0.3, -0.25) is 0 Å². The van der Waals surface area contributed by atoms with Crippen LogP contribution in [-0.2, 0) is 0 Å². The average Bonchev–Trinajstić information content (AvgIpc) is 2.65. The summed E-state index contributed by atoms with van der Waals surface area (Å²) < 4.78 is 0. The molecule has 116 valence electrons. The number of rotatable bonds is 3. The van der Waals surface area contributed by atoms with Gasteiger partial charge in [-0.1, -0.05) is 91.0 Å². The van der Waals surface area contributed by atoms with E-state index >= 15 is 0 Å². The number of aliphatic hydroxyl groups is 1. The molecule has 1 heteroatoms. The largest absolute Gasteiger partial charge is 0.384 e. The molecule has 4 rings (SSSR count). The van der Waals surface area contributed by atoms with Gasteiger partial charge < -0.3 is 5.11 Å². The molecule has 0 bridgehead atoms. The van der Waals surface area contributed by atoms with Gasteiger partial charge >= 0.3 is 0 Å². The fourth-order valence-electron chi connectivity index (χ4n) is 3.13. The zero-order valence-electron chi connectivity index (χ0n) is 13.3. The molecule has 0 saturated heterocycles. The Bertz CT molecular complexity index is 1020. The topological polar surface area (TPSA) is 20.2 Å². The molecule has 1 N–H and O–H groups in total. The smallest absolute Gasteiger partial charge is 0.0981 e. The molecule has 0 aliphatic heterocycles. The van der Waals surface area contributed by atoms with Crippen LogP contribution in [0.5, 0.6) is 0 Å². The molecule has 0 saturated carbocycles. The van der Waals surface area contributed by atoms with E-state index in [4.69, 9.17) is 0 Å². The highest BCUT2D eigenvalue weighted by Crippen LogP contribution is 2.26. The van der Waals surface area contributed by atoms with Gasteiger partial charge in [0.25, 0.3) is 0 Å². The van der Waals surface area contributed by atoms with Crippen LogP contribution in [0.4, 0.5) is 0 Å². The van der Waals surface area contributed by atoms with E-state index in [2.05, 4.69) is 48.5 Å². The van der Waals surface area contributed by atoms with Crippen LogP contribution in [0.15, 0.2) is 91.0 Å². The molecular weight excluding hydrogens is 292 g/mol. The fourth-order valence-corrected chi connectivity index (χ4v) is 3.13. The zero-order valence-corrected chi connectivity index (χ0v) is 13.3. The second-order valence-electron chi connectivity index (χ2n) is 5.98. The normalized spacial score (nSPS) is 12.9. The second-order valence-corrected chi connectivity index (χ2v) is 5.98. The van der Waals surface area contributed by atoms with Crippen LogP contribution in [0.25, 0.3) is 27.6 Å². The van der Waals surface area contributed by atoms with Crippen LogP contribution >= 0.6 is 0 Å². The molecule has 1 unspecified atom stereocenters. The predicted octanol–water partition coefficient (Wildman–Crippen LogP) is 5.74. The fraction of sp³-hybridized carbons (Fsp3) is 0.0435. The standard InChI is InChI=1S/C23H18O/c24-23(22-11-5-9-19-7-3-4-10-21(19)22)15-13-17-12-14-18-6-1-2-8-20(18)16-17/h1-16,23-24H. The number of fused-ring (bicyclic) bond motifs is 2. The lowest BCUT2D eigenvalue weighted by atomic mass is 9.99. The number of aliphatic hydroxyl groups excluding tert-OH is 1. The van der Waals surface area contributed by atoms with E-state index in [9.17, 15) is 5.11 Å². The third kappa shape index (κ3) is 2.82. The Morgan fingerprint density at radius 3 is 2.25 bits per heavy atom. The van der Waals surface area contributed by atoms with Gasteiger partial charge in [-0.15, -0.1) is 0 Å². The lowest BCUT2D eigenvalue weighted by Crippen LogP contribution is -1.94. The molecule has 24 heavy (non-hydrogen) atoms. The molecule has 0 aromatic heterocycles. The van der Waals surface area contributed by atoms with Crippen LogP contribution in [-0.4, -0.2) is 5.11 Å². The van der Waals surface area contributed by atoms with Crippen molar-refractivity contribution in [3.63, 3.8) is 0 Å². The highest BCUT2D eigenvalue weighted by molar-refractivity contribution is 5.87. The van der Waals surface area contributed by atoms with Crippen LogP contribution < -0.4 is 0 Å². The summed E-state index contributed by atoms with van der Waals surface area (Å²) in [6, 6.07) is 28.8. The third-order valence-electron chi connectivity index (χ3n) is 4.39. The molecule has 0 aliphatic rings. The summed E-state index contributed by atoms with van der Waals surface area (Å²) in [5, 5.41) is 15.3. The molecule has 0 radical (unpaired) electrons. The van der Waals surface area contributed by atoms with Crippen molar-refractivity contribution in [3.8, 4) is 0 Å². The number of benzene rings is 4.